The maximum Gasteiger partial charge on any atom is 0.269 e. The van der Waals surface area contributed by atoms with Crippen molar-refractivity contribution in [3.8, 4) is 11.1 Å². The predicted molar refractivity (Wildman–Crippen MR) is 67.5 cm³/mol. The Morgan fingerprint density at radius 1 is 1.12 bits per heavy atom. The van der Waals surface area contributed by atoms with Crippen molar-refractivity contribution in [2.24, 2.45) is 0 Å². The van der Waals surface area contributed by atoms with Crippen molar-refractivity contribution in [2.75, 3.05) is 12.8 Å². The van der Waals surface area contributed by atoms with Crippen molar-refractivity contribution in [3.05, 3.63) is 48.3 Å². The van der Waals surface area contributed by atoms with Crippen molar-refractivity contribution in [1.29, 1.82) is 0 Å². The van der Waals surface area contributed by atoms with Gasteiger partial charge in [-0.2, -0.15) is 0 Å². The SMILES string of the molecule is CNC(=O)c1ccc(-c2ccc(N)cc2)cn1. The molecule has 0 aliphatic carbocycles. The van der Waals surface area contributed by atoms with Gasteiger partial charge in [-0.3, -0.25) is 9.78 Å². The number of hydrogen-bond acceptors (Lipinski definition) is 3. The van der Waals surface area contributed by atoms with E-state index in [1.807, 2.05) is 30.3 Å². The van der Waals surface area contributed by atoms with Gasteiger partial charge < -0.3 is 11.1 Å². The third kappa shape index (κ3) is 2.42. The minimum absolute atomic E-state index is 0.186. The second kappa shape index (κ2) is 4.65. The number of rotatable bonds is 2. The summed E-state index contributed by atoms with van der Waals surface area (Å²) in [5, 5.41) is 2.53. The molecule has 0 saturated heterocycles. The fourth-order valence-corrected chi connectivity index (χ4v) is 1.50. The van der Waals surface area contributed by atoms with Gasteiger partial charge in [0.25, 0.3) is 5.91 Å². The van der Waals surface area contributed by atoms with Crippen LogP contribution in [0.3, 0.4) is 0 Å². The maximum atomic E-state index is 11.3. The van der Waals surface area contributed by atoms with Crippen LogP contribution in [0.2, 0.25) is 0 Å². The predicted octanol–water partition coefficient (Wildman–Crippen LogP) is 1.69. The van der Waals surface area contributed by atoms with Crippen LogP contribution in [0.1, 0.15) is 10.5 Å². The summed E-state index contributed by atoms with van der Waals surface area (Å²) in [6.07, 6.45) is 1.68. The summed E-state index contributed by atoms with van der Waals surface area (Å²) in [6.45, 7) is 0. The van der Waals surface area contributed by atoms with Crippen molar-refractivity contribution >= 4 is 11.6 Å². The highest BCUT2D eigenvalue weighted by atomic mass is 16.1. The average molecular weight is 227 g/mol. The molecule has 2 rings (SSSR count). The molecular weight excluding hydrogens is 214 g/mol. The number of nitrogens with one attached hydrogen (secondary N) is 1. The van der Waals surface area contributed by atoms with E-state index in [0.717, 1.165) is 16.8 Å². The number of carbonyl (C=O) groups is 1. The topological polar surface area (TPSA) is 68.0 Å². The molecule has 2 aromatic rings. The average Bonchev–Trinajstić information content (AvgIpc) is 2.39. The van der Waals surface area contributed by atoms with Gasteiger partial charge in [-0.1, -0.05) is 18.2 Å². The Kier molecular flexibility index (Phi) is 3.05. The van der Waals surface area contributed by atoms with E-state index < -0.39 is 0 Å². The molecule has 86 valence electrons. The van der Waals surface area contributed by atoms with E-state index in [4.69, 9.17) is 5.73 Å². The molecule has 0 atom stereocenters. The molecule has 4 nitrogen and oxygen atoms in total. The van der Waals surface area contributed by atoms with Crippen LogP contribution >= 0.6 is 0 Å². The number of anilines is 1. The molecule has 0 fully saturated rings. The Hall–Kier alpha value is -2.36. The number of hydrogen-bond donors (Lipinski definition) is 2. The first-order valence-corrected chi connectivity index (χ1v) is 5.25. The first-order valence-electron chi connectivity index (χ1n) is 5.25. The van der Waals surface area contributed by atoms with Gasteiger partial charge >= 0.3 is 0 Å². The lowest BCUT2D eigenvalue weighted by Crippen LogP contribution is -2.18. The zero-order valence-electron chi connectivity index (χ0n) is 9.47. The van der Waals surface area contributed by atoms with Crippen LogP contribution in [0.15, 0.2) is 42.6 Å². The minimum atomic E-state index is -0.186. The monoisotopic (exact) mass is 227 g/mol. The smallest absolute Gasteiger partial charge is 0.269 e. The molecule has 0 aliphatic heterocycles. The van der Waals surface area contributed by atoms with E-state index in [1.165, 1.54) is 0 Å². The van der Waals surface area contributed by atoms with E-state index in [0.29, 0.717) is 5.69 Å². The highest BCUT2D eigenvalue weighted by Crippen LogP contribution is 2.19. The molecule has 3 N–H and O–H groups in total. The third-order valence-corrected chi connectivity index (χ3v) is 2.47. The molecule has 1 heterocycles. The summed E-state index contributed by atoms with van der Waals surface area (Å²) in [5.74, 6) is -0.186. The quantitative estimate of drug-likeness (QED) is 0.767. The van der Waals surface area contributed by atoms with Crippen LogP contribution in [0.5, 0.6) is 0 Å². The first kappa shape index (κ1) is 11.1. The lowest BCUT2D eigenvalue weighted by Gasteiger charge is -2.03. The summed E-state index contributed by atoms with van der Waals surface area (Å²) in [4.78, 5) is 15.4. The van der Waals surface area contributed by atoms with Crippen LogP contribution in [-0.4, -0.2) is 17.9 Å². The van der Waals surface area contributed by atoms with Gasteiger partial charge in [0.15, 0.2) is 0 Å². The van der Waals surface area contributed by atoms with Gasteiger partial charge in [0.05, 0.1) is 0 Å². The minimum Gasteiger partial charge on any atom is -0.399 e. The summed E-state index contributed by atoms with van der Waals surface area (Å²) < 4.78 is 0. The second-order valence-corrected chi connectivity index (χ2v) is 3.63. The molecule has 0 unspecified atom stereocenters. The second-order valence-electron chi connectivity index (χ2n) is 3.63. The molecule has 0 radical (unpaired) electrons. The number of carbonyl (C=O) groups excluding carboxylic acids is 1. The Balaban J connectivity index is 2.29. The standard InChI is InChI=1S/C13H13N3O/c1-15-13(17)12-7-4-10(8-16-12)9-2-5-11(14)6-3-9/h2-8H,14H2,1H3,(H,15,17). The highest BCUT2D eigenvalue weighted by molar-refractivity contribution is 5.92. The van der Waals surface area contributed by atoms with Crippen molar-refractivity contribution in [2.45, 2.75) is 0 Å². The molecule has 0 saturated carbocycles. The normalized spacial score (nSPS) is 9.94. The van der Waals surface area contributed by atoms with Gasteiger partial charge in [-0.25, -0.2) is 0 Å². The summed E-state index contributed by atoms with van der Waals surface area (Å²) in [7, 11) is 1.58. The summed E-state index contributed by atoms with van der Waals surface area (Å²) in [6, 6.07) is 11.1. The fraction of sp³-hybridized carbons (Fsp3) is 0.0769. The number of pyridine rings is 1. The maximum absolute atomic E-state index is 11.3. The van der Waals surface area contributed by atoms with Gasteiger partial charge in [0.1, 0.15) is 5.69 Å². The largest absolute Gasteiger partial charge is 0.399 e. The van der Waals surface area contributed by atoms with Gasteiger partial charge in [-0.15, -0.1) is 0 Å². The highest BCUT2D eigenvalue weighted by Gasteiger charge is 2.04. The Morgan fingerprint density at radius 3 is 2.29 bits per heavy atom. The molecule has 0 bridgehead atoms. The van der Waals surface area contributed by atoms with Crippen LogP contribution in [0, 0.1) is 0 Å². The molecule has 1 aromatic carbocycles. The van der Waals surface area contributed by atoms with Crippen LogP contribution in [-0.2, 0) is 0 Å². The Bertz CT molecular complexity index is 517. The Morgan fingerprint density at radius 2 is 1.76 bits per heavy atom. The van der Waals surface area contributed by atoms with Crippen molar-refractivity contribution in [3.63, 3.8) is 0 Å². The molecule has 4 heteroatoms. The number of aromatic nitrogens is 1. The van der Waals surface area contributed by atoms with Gasteiger partial charge in [0.2, 0.25) is 0 Å². The number of amides is 1. The third-order valence-electron chi connectivity index (χ3n) is 2.47. The molecule has 1 aromatic heterocycles. The number of nitrogen functional groups attached to an aromatic ring is 1. The lowest BCUT2D eigenvalue weighted by molar-refractivity contribution is 0.0958. The number of benzene rings is 1. The summed E-state index contributed by atoms with van der Waals surface area (Å²) >= 11 is 0. The summed E-state index contributed by atoms with van der Waals surface area (Å²) in [5.41, 5.74) is 8.73. The van der Waals surface area contributed by atoms with E-state index in [1.54, 1.807) is 19.3 Å². The molecular formula is C13H13N3O. The van der Waals surface area contributed by atoms with Gasteiger partial charge in [0, 0.05) is 24.5 Å². The van der Waals surface area contributed by atoms with Crippen molar-refractivity contribution in [1.82, 2.24) is 10.3 Å². The molecule has 1 amide bonds. The van der Waals surface area contributed by atoms with E-state index in [2.05, 4.69) is 10.3 Å². The number of nitrogens with zero attached hydrogens (tertiary/aromatic N) is 1. The lowest BCUT2D eigenvalue weighted by atomic mass is 10.1. The zero-order valence-corrected chi connectivity index (χ0v) is 9.47. The van der Waals surface area contributed by atoms with E-state index in [9.17, 15) is 4.79 Å². The Labute approximate surface area is 99.5 Å². The van der Waals surface area contributed by atoms with E-state index in [-0.39, 0.29) is 5.91 Å². The van der Waals surface area contributed by atoms with Gasteiger partial charge in [-0.05, 0) is 23.8 Å². The fourth-order valence-electron chi connectivity index (χ4n) is 1.50. The van der Waals surface area contributed by atoms with Crippen LogP contribution in [0.4, 0.5) is 5.69 Å². The first-order chi connectivity index (χ1) is 8.20. The number of nitrogens with two attached hydrogens (primary N) is 1. The van der Waals surface area contributed by atoms with E-state index >= 15 is 0 Å². The molecule has 0 aliphatic rings. The molecule has 17 heavy (non-hydrogen) atoms. The van der Waals surface area contributed by atoms with Crippen LogP contribution < -0.4 is 11.1 Å². The van der Waals surface area contributed by atoms with Crippen molar-refractivity contribution < 1.29 is 4.79 Å². The van der Waals surface area contributed by atoms with Crippen LogP contribution in [0.25, 0.3) is 11.1 Å². The molecule has 0 spiro atoms. The zero-order chi connectivity index (χ0) is 12.3.